The van der Waals surface area contributed by atoms with E-state index in [4.69, 9.17) is 0 Å². The molecule has 5 aromatic carbocycles. The standard InChI is InChI=1S/C34H28F2/c1-21-5-13-25(14-6-21)29-30(26-15-7-22(2)8-16-26)32(28-19-11-24(4)12-20-28)34(36)33(35)31(29)27-17-9-23(3)10-18-27/h5-20H,1-4H3. The van der Waals surface area contributed by atoms with E-state index in [1.807, 2.05) is 125 Å². The van der Waals surface area contributed by atoms with Gasteiger partial charge in [-0.15, -0.1) is 0 Å². The molecule has 0 spiro atoms. The van der Waals surface area contributed by atoms with Crippen LogP contribution in [0.4, 0.5) is 8.78 Å². The molecule has 0 fully saturated rings. The van der Waals surface area contributed by atoms with E-state index in [-0.39, 0.29) is 11.1 Å². The Balaban J connectivity index is 1.98. The van der Waals surface area contributed by atoms with E-state index in [0.29, 0.717) is 22.3 Å². The molecule has 0 aliphatic carbocycles. The van der Waals surface area contributed by atoms with Crippen LogP contribution in [0.2, 0.25) is 0 Å². The lowest BCUT2D eigenvalue weighted by molar-refractivity contribution is 0.514. The van der Waals surface area contributed by atoms with Crippen molar-refractivity contribution >= 4 is 0 Å². The zero-order chi connectivity index (χ0) is 25.4. The summed E-state index contributed by atoms with van der Waals surface area (Å²) in [7, 11) is 0. The molecule has 0 aromatic heterocycles. The Labute approximate surface area is 211 Å². The van der Waals surface area contributed by atoms with E-state index >= 15 is 8.78 Å². The quantitative estimate of drug-likeness (QED) is 0.243. The number of rotatable bonds is 4. The predicted octanol–water partition coefficient (Wildman–Crippen LogP) is 9.87. The van der Waals surface area contributed by atoms with E-state index in [2.05, 4.69) is 0 Å². The number of aryl methyl sites for hydroxylation is 4. The molecule has 0 bridgehead atoms. The van der Waals surface area contributed by atoms with Crippen molar-refractivity contribution in [2.45, 2.75) is 27.7 Å². The van der Waals surface area contributed by atoms with Crippen LogP contribution >= 0.6 is 0 Å². The van der Waals surface area contributed by atoms with Crippen LogP contribution in [-0.4, -0.2) is 0 Å². The van der Waals surface area contributed by atoms with Gasteiger partial charge in [0.1, 0.15) is 0 Å². The van der Waals surface area contributed by atoms with E-state index in [0.717, 1.165) is 33.4 Å². The summed E-state index contributed by atoms with van der Waals surface area (Å²) in [5.74, 6) is -1.67. The first-order valence-electron chi connectivity index (χ1n) is 12.2. The van der Waals surface area contributed by atoms with Crippen molar-refractivity contribution in [1.29, 1.82) is 0 Å². The lowest BCUT2D eigenvalue weighted by atomic mass is 9.81. The number of halogens is 2. The summed E-state index contributed by atoms with van der Waals surface area (Å²) < 4.78 is 32.4. The van der Waals surface area contributed by atoms with Gasteiger partial charge >= 0.3 is 0 Å². The summed E-state index contributed by atoms with van der Waals surface area (Å²) in [5.41, 5.74) is 9.27. The molecule has 0 heterocycles. The molecular formula is C34H28F2. The van der Waals surface area contributed by atoms with Crippen LogP contribution in [0.1, 0.15) is 22.3 Å². The Kier molecular flexibility index (Phi) is 6.28. The zero-order valence-electron chi connectivity index (χ0n) is 21.0. The van der Waals surface area contributed by atoms with Crippen LogP contribution in [0.25, 0.3) is 44.5 Å². The SMILES string of the molecule is Cc1ccc(-c2c(F)c(F)c(-c3ccc(C)cc3)c(-c3ccc(C)cc3)c2-c2ccc(C)cc2)cc1. The third kappa shape index (κ3) is 4.35. The highest BCUT2D eigenvalue weighted by atomic mass is 19.2. The van der Waals surface area contributed by atoms with Gasteiger partial charge in [0.15, 0.2) is 11.6 Å². The topological polar surface area (TPSA) is 0 Å². The summed E-state index contributed by atoms with van der Waals surface area (Å²) in [6.45, 7) is 8.02. The minimum atomic E-state index is -0.833. The number of hydrogen-bond donors (Lipinski definition) is 0. The monoisotopic (exact) mass is 474 g/mol. The summed E-state index contributed by atoms with van der Waals surface area (Å²) in [6, 6.07) is 31.3. The third-order valence-electron chi connectivity index (χ3n) is 6.74. The molecular weight excluding hydrogens is 446 g/mol. The van der Waals surface area contributed by atoms with Crippen molar-refractivity contribution in [2.75, 3.05) is 0 Å². The van der Waals surface area contributed by atoms with Crippen LogP contribution < -0.4 is 0 Å². The highest BCUT2D eigenvalue weighted by Crippen LogP contribution is 2.48. The van der Waals surface area contributed by atoms with Crippen molar-refractivity contribution in [2.24, 2.45) is 0 Å². The van der Waals surface area contributed by atoms with Gasteiger partial charge in [0.25, 0.3) is 0 Å². The molecule has 0 N–H and O–H groups in total. The van der Waals surface area contributed by atoms with Gasteiger partial charge in [0.05, 0.1) is 0 Å². The Morgan fingerprint density at radius 1 is 0.306 bits per heavy atom. The maximum Gasteiger partial charge on any atom is 0.167 e. The van der Waals surface area contributed by atoms with Gasteiger partial charge in [-0.1, -0.05) is 119 Å². The highest BCUT2D eigenvalue weighted by molar-refractivity contribution is 6.02. The fourth-order valence-electron chi connectivity index (χ4n) is 4.69. The van der Waals surface area contributed by atoms with Crippen molar-refractivity contribution < 1.29 is 8.78 Å². The van der Waals surface area contributed by atoms with E-state index in [9.17, 15) is 0 Å². The molecule has 0 nitrogen and oxygen atoms in total. The van der Waals surface area contributed by atoms with E-state index in [1.54, 1.807) is 0 Å². The van der Waals surface area contributed by atoms with Crippen LogP contribution in [0.5, 0.6) is 0 Å². The van der Waals surface area contributed by atoms with Crippen LogP contribution in [0.15, 0.2) is 97.1 Å². The van der Waals surface area contributed by atoms with Crippen molar-refractivity contribution in [3.05, 3.63) is 131 Å². The lowest BCUT2D eigenvalue weighted by Gasteiger charge is -2.23. The molecule has 5 aromatic rings. The predicted molar refractivity (Wildman–Crippen MR) is 147 cm³/mol. The Morgan fingerprint density at radius 3 is 0.722 bits per heavy atom. The van der Waals surface area contributed by atoms with E-state index < -0.39 is 11.6 Å². The third-order valence-corrected chi connectivity index (χ3v) is 6.74. The van der Waals surface area contributed by atoms with Gasteiger partial charge in [-0.25, -0.2) is 8.78 Å². The van der Waals surface area contributed by atoms with Crippen LogP contribution in [0, 0.1) is 39.3 Å². The Bertz CT molecular complexity index is 1400. The molecule has 2 heteroatoms. The Hall–Kier alpha value is -4.04. The number of benzene rings is 5. The average Bonchev–Trinajstić information content (AvgIpc) is 2.88. The molecule has 36 heavy (non-hydrogen) atoms. The maximum atomic E-state index is 16.2. The largest absolute Gasteiger partial charge is 0.203 e. The average molecular weight is 475 g/mol. The molecule has 0 unspecified atom stereocenters. The minimum absolute atomic E-state index is 0.280. The van der Waals surface area contributed by atoms with E-state index in [1.165, 1.54) is 0 Å². The molecule has 178 valence electrons. The Morgan fingerprint density at radius 2 is 0.500 bits per heavy atom. The zero-order valence-corrected chi connectivity index (χ0v) is 21.0. The van der Waals surface area contributed by atoms with Crippen molar-refractivity contribution in [1.82, 2.24) is 0 Å². The normalized spacial score (nSPS) is 11.1. The van der Waals surface area contributed by atoms with Gasteiger partial charge in [-0.3, -0.25) is 0 Å². The first-order valence-corrected chi connectivity index (χ1v) is 12.2. The minimum Gasteiger partial charge on any atom is -0.203 e. The second-order valence-corrected chi connectivity index (χ2v) is 9.59. The fourth-order valence-corrected chi connectivity index (χ4v) is 4.69. The summed E-state index contributed by atoms with van der Waals surface area (Å²) in [5, 5.41) is 0. The first kappa shape index (κ1) is 23.7. The van der Waals surface area contributed by atoms with Gasteiger partial charge in [-0.05, 0) is 49.9 Å². The molecule has 0 atom stereocenters. The van der Waals surface area contributed by atoms with Gasteiger partial charge in [-0.2, -0.15) is 0 Å². The summed E-state index contributed by atoms with van der Waals surface area (Å²) in [4.78, 5) is 0. The molecule has 0 saturated carbocycles. The van der Waals surface area contributed by atoms with Crippen molar-refractivity contribution in [3.63, 3.8) is 0 Å². The fraction of sp³-hybridized carbons (Fsp3) is 0.118. The van der Waals surface area contributed by atoms with Gasteiger partial charge < -0.3 is 0 Å². The molecule has 0 aliphatic heterocycles. The second kappa shape index (κ2) is 9.54. The molecule has 0 radical (unpaired) electrons. The molecule has 0 amide bonds. The molecule has 5 rings (SSSR count). The van der Waals surface area contributed by atoms with Gasteiger partial charge in [0.2, 0.25) is 0 Å². The number of hydrogen-bond acceptors (Lipinski definition) is 0. The highest BCUT2D eigenvalue weighted by Gasteiger charge is 2.28. The van der Waals surface area contributed by atoms with Crippen LogP contribution in [0.3, 0.4) is 0 Å². The second-order valence-electron chi connectivity index (χ2n) is 9.59. The molecule has 0 saturated heterocycles. The molecule has 0 aliphatic rings. The van der Waals surface area contributed by atoms with Gasteiger partial charge in [0, 0.05) is 22.3 Å². The smallest absolute Gasteiger partial charge is 0.167 e. The first-order chi connectivity index (χ1) is 17.3. The van der Waals surface area contributed by atoms with Crippen LogP contribution in [-0.2, 0) is 0 Å². The summed E-state index contributed by atoms with van der Waals surface area (Å²) >= 11 is 0. The lowest BCUT2D eigenvalue weighted by Crippen LogP contribution is -2.03. The summed E-state index contributed by atoms with van der Waals surface area (Å²) in [6.07, 6.45) is 0. The maximum absolute atomic E-state index is 16.2. The van der Waals surface area contributed by atoms with Crippen molar-refractivity contribution in [3.8, 4) is 44.5 Å².